The molecule has 4 nitrogen and oxygen atoms in total. The number of rotatable bonds is 2. The molecular weight excluding hydrogens is 323 g/mol. The quantitative estimate of drug-likeness (QED) is 0.782. The standard InChI is InChI=1S/C13H23Cl3N2O2/c1-8-6-18(7-9(2)20-8)10(13(14,15)16)17-11(19)12(3,4)5/h8-10H,6-7H2,1-5H3,(H,17,19)/t8-,9+,10-/m1/s1. The lowest BCUT2D eigenvalue weighted by Gasteiger charge is -2.43. The van der Waals surface area contributed by atoms with Crippen molar-refractivity contribution in [2.75, 3.05) is 13.1 Å². The maximum absolute atomic E-state index is 12.2. The first-order valence-electron chi connectivity index (χ1n) is 6.68. The van der Waals surface area contributed by atoms with Crippen LogP contribution in [0, 0.1) is 5.41 Å². The van der Waals surface area contributed by atoms with E-state index in [1.54, 1.807) is 0 Å². The van der Waals surface area contributed by atoms with Crippen molar-refractivity contribution in [1.29, 1.82) is 0 Å². The minimum atomic E-state index is -1.60. The first-order valence-corrected chi connectivity index (χ1v) is 7.82. The molecule has 0 aromatic carbocycles. The van der Waals surface area contributed by atoms with E-state index in [0.29, 0.717) is 13.1 Å². The molecule has 1 heterocycles. The minimum absolute atomic E-state index is 0.0279. The van der Waals surface area contributed by atoms with Gasteiger partial charge in [-0.1, -0.05) is 55.6 Å². The van der Waals surface area contributed by atoms with E-state index in [1.165, 1.54) is 0 Å². The Balaban J connectivity index is 2.88. The van der Waals surface area contributed by atoms with Gasteiger partial charge in [0, 0.05) is 18.5 Å². The van der Waals surface area contributed by atoms with E-state index in [9.17, 15) is 4.79 Å². The molecule has 0 aromatic heterocycles. The van der Waals surface area contributed by atoms with Gasteiger partial charge in [-0.25, -0.2) is 0 Å². The van der Waals surface area contributed by atoms with Crippen molar-refractivity contribution >= 4 is 40.7 Å². The van der Waals surface area contributed by atoms with Gasteiger partial charge in [-0.15, -0.1) is 0 Å². The predicted molar refractivity (Wildman–Crippen MR) is 83.3 cm³/mol. The van der Waals surface area contributed by atoms with Gasteiger partial charge in [0.2, 0.25) is 9.70 Å². The Morgan fingerprint density at radius 3 is 2.00 bits per heavy atom. The molecule has 0 aromatic rings. The van der Waals surface area contributed by atoms with Crippen LogP contribution >= 0.6 is 34.8 Å². The van der Waals surface area contributed by atoms with Crippen LogP contribution in [0.25, 0.3) is 0 Å². The first-order chi connectivity index (χ1) is 8.91. The molecule has 1 aliphatic rings. The molecule has 1 amide bonds. The van der Waals surface area contributed by atoms with E-state index in [4.69, 9.17) is 39.5 Å². The first kappa shape index (κ1) is 18.3. The second-order valence-corrected chi connectivity index (χ2v) is 8.75. The van der Waals surface area contributed by atoms with Gasteiger partial charge in [-0.05, 0) is 13.8 Å². The molecule has 1 fully saturated rings. The number of hydrogen-bond acceptors (Lipinski definition) is 3. The van der Waals surface area contributed by atoms with Gasteiger partial charge in [-0.3, -0.25) is 9.69 Å². The molecule has 1 saturated heterocycles. The summed E-state index contributed by atoms with van der Waals surface area (Å²) < 4.78 is 4.07. The van der Waals surface area contributed by atoms with Crippen LogP contribution in [0.5, 0.6) is 0 Å². The summed E-state index contributed by atoms with van der Waals surface area (Å²) in [5.41, 5.74) is -0.544. The molecule has 118 valence electrons. The van der Waals surface area contributed by atoms with Gasteiger partial charge in [0.15, 0.2) is 0 Å². The molecule has 0 unspecified atom stereocenters. The Bertz CT molecular complexity index is 343. The third-order valence-electron chi connectivity index (χ3n) is 3.07. The summed E-state index contributed by atoms with van der Waals surface area (Å²) in [6.07, 6.45) is -0.617. The number of halogens is 3. The van der Waals surface area contributed by atoms with Gasteiger partial charge in [0.25, 0.3) is 0 Å². The third-order valence-corrected chi connectivity index (χ3v) is 3.69. The fourth-order valence-corrected chi connectivity index (χ4v) is 2.73. The number of morpholine rings is 1. The molecule has 3 atom stereocenters. The molecule has 7 heteroatoms. The Labute approximate surface area is 136 Å². The lowest BCUT2D eigenvalue weighted by Crippen LogP contribution is -2.62. The minimum Gasteiger partial charge on any atom is -0.373 e. The second-order valence-electron chi connectivity index (χ2n) is 6.38. The van der Waals surface area contributed by atoms with Gasteiger partial charge >= 0.3 is 0 Å². The smallest absolute Gasteiger partial charge is 0.226 e. The Hall–Kier alpha value is 0.260. The molecule has 1 aliphatic heterocycles. The number of ether oxygens (including phenoxy) is 1. The highest BCUT2D eigenvalue weighted by Gasteiger charge is 2.42. The molecule has 0 spiro atoms. The molecule has 20 heavy (non-hydrogen) atoms. The van der Waals surface area contributed by atoms with Crippen molar-refractivity contribution in [3.8, 4) is 0 Å². The maximum atomic E-state index is 12.2. The molecular formula is C13H23Cl3N2O2. The molecule has 1 rings (SSSR count). The highest BCUT2D eigenvalue weighted by Crippen LogP contribution is 2.34. The van der Waals surface area contributed by atoms with Crippen LogP contribution in [0.1, 0.15) is 34.6 Å². The van der Waals surface area contributed by atoms with Crippen LogP contribution in [0.2, 0.25) is 0 Å². The summed E-state index contributed by atoms with van der Waals surface area (Å²) in [5.74, 6) is -0.152. The summed E-state index contributed by atoms with van der Waals surface area (Å²) in [7, 11) is 0. The largest absolute Gasteiger partial charge is 0.373 e. The highest BCUT2D eigenvalue weighted by molar-refractivity contribution is 6.68. The second kappa shape index (κ2) is 6.57. The zero-order chi connectivity index (χ0) is 15.7. The average Bonchev–Trinajstić information content (AvgIpc) is 2.20. The van der Waals surface area contributed by atoms with E-state index in [-0.39, 0.29) is 18.1 Å². The monoisotopic (exact) mass is 344 g/mol. The molecule has 0 radical (unpaired) electrons. The van der Waals surface area contributed by atoms with Crippen molar-refractivity contribution in [1.82, 2.24) is 10.2 Å². The van der Waals surface area contributed by atoms with Crippen molar-refractivity contribution < 1.29 is 9.53 Å². The van der Waals surface area contributed by atoms with Crippen LogP contribution in [0.3, 0.4) is 0 Å². The van der Waals surface area contributed by atoms with Gasteiger partial charge in [-0.2, -0.15) is 0 Å². The molecule has 0 saturated carbocycles. The van der Waals surface area contributed by atoms with Gasteiger partial charge in [0.05, 0.1) is 12.2 Å². The SMILES string of the molecule is C[C@@H]1CN([C@@H](NC(=O)C(C)(C)C)C(Cl)(Cl)Cl)C[C@H](C)O1. The number of nitrogens with zero attached hydrogens (tertiary/aromatic N) is 1. The van der Waals surface area contributed by atoms with Crippen LogP contribution in [0.15, 0.2) is 0 Å². The van der Waals surface area contributed by atoms with Gasteiger partial charge < -0.3 is 10.1 Å². The van der Waals surface area contributed by atoms with E-state index in [1.807, 2.05) is 39.5 Å². The van der Waals surface area contributed by atoms with Crippen LogP contribution in [0.4, 0.5) is 0 Å². The number of carbonyl (C=O) groups excluding carboxylic acids is 1. The highest BCUT2D eigenvalue weighted by atomic mass is 35.6. The zero-order valence-electron chi connectivity index (χ0n) is 12.5. The summed E-state index contributed by atoms with van der Waals surface area (Å²) in [5, 5.41) is 2.84. The summed E-state index contributed by atoms with van der Waals surface area (Å²) in [6, 6.07) is 0. The zero-order valence-corrected chi connectivity index (χ0v) is 14.8. The lowest BCUT2D eigenvalue weighted by atomic mass is 9.95. The fourth-order valence-electron chi connectivity index (χ4n) is 2.15. The van der Waals surface area contributed by atoms with Crippen LogP contribution in [-0.4, -0.2) is 46.1 Å². The summed E-state index contributed by atoms with van der Waals surface area (Å²) >= 11 is 18.2. The Morgan fingerprint density at radius 1 is 1.20 bits per heavy atom. The van der Waals surface area contributed by atoms with Crippen molar-refractivity contribution in [2.24, 2.45) is 5.41 Å². The maximum Gasteiger partial charge on any atom is 0.226 e. The molecule has 0 bridgehead atoms. The van der Waals surface area contributed by atoms with Crippen LogP contribution < -0.4 is 5.32 Å². The van der Waals surface area contributed by atoms with Crippen molar-refractivity contribution in [3.05, 3.63) is 0 Å². The number of amides is 1. The number of carbonyl (C=O) groups is 1. The van der Waals surface area contributed by atoms with Crippen molar-refractivity contribution in [3.63, 3.8) is 0 Å². The number of alkyl halides is 3. The molecule has 1 N–H and O–H groups in total. The van der Waals surface area contributed by atoms with Gasteiger partial charge in [0.1, 0.15) is 6.17 Å². The van der Waals surface area contributed by atoms with E-state index in [2.05, 4.69) is 5.32 Å². The van der Waals surface area contributed by atoms with Crippen LogP contribution in [-0.2, 0) is 9.53 Å². The summed E-state index contributed by atoms with van der Waals surface area (Å²) in [4.78, 5) is 14.1. The van der Waals surface area contributed by atoms with E-state index >= 15 is 0 Å². The predicted octanol–water partition coefficient (Wildman–Crippen LogP) is 2.95. The molecule has 0 aliphatic carbocycles. The average molecular weight is 346 g/mol. The van der Waals surface area contributed by atoms with E-state index < -0.39 is 15.4 Å². The third kappa shape index (κ3) is 5.23. The van der Waals surface area contributed by atoms with Crippen molar-refractivity contribution in [2.45, 2.75) is 56.8 Å². The lowest BCUT2D eigenvalue weighted by molar-refractivity contribution is -0.133. The Morgan fingerprint density at radius 2 is 1.65 bits per heavy atom. The topological polar surface area (TPSA) is 41.6 Å². The number of hydrogen-bond donors (Lipinski definition) is 1. The van der Waals surface area contributed by atoms with E-state index in [0.717, 1.165) is 0 Å². The number of nitrogens with one attached hydrogen (secondary N) is 1. The normalized spacial score (nSPS) is 27.2. The fraction of sp³-hybridized carbons (Fsp3) is 0.923. The Kier molecular flexibility index (Phi) is 6.02. The summed E-state index contributed by atoms with van der Waals surface area (Å²) in [6.45, 7) is 10.6.